The van der Waals surface area contributed by atoms with Gasteiger partial charge in [0.2, 0.25) is 5.91 Å². The van der Waals surface area contributed by atoms with Crippen LogP contribution in [0.3, 0.4) is 0 Å². The van der Waals surface area contributed by atoms with Gasteiger partial charge in [-0.05, 0) is 44.4 Å². The van der Waals surface area contributed by atoms with Gasteiger partial charge in [-0.15, -0.1) is 0 Å². The van der Waals surface area contributed by atoms with Crippen molar-refractivity contribution in [3.8, 4) is 0 Å². The predicted molar refractivity (Wildman–Crippen MR) is 107 cm³/mol. The quantitative estimate of drug-likeness (QED) is 0.725. The number of carbonyl (C=O) groups is 2. The molecular weight excluding hydrogens is 372 g/mol. The van der Waals surface area contributed by atoms with Crippen LogP contribution in [0.2, 0.25) is 0 Å². The predicted octanol–water partition coefficient (Wildman–Crippen LogP) is 1.60. The molecule has 156 valence electrons. The van der Waals surface area contributed by atoms with Crippen LogP contribution < -0.4 is 5.32 Å². The Hall–Kier alpha value is -2.45. The first-order valence-electron chi connectivity index (χ1n) is 10.2. The molecule has 2 aliphatic rings. The van der Waals surface area contributed by atoms with Crippen LogP contribution in [-0.2, 0) is 9.53 Å². The lowest BCUT2D eigenvalue weighted by atomic mass is 9.73. The molecule has 0 bridgehead atoms. The zero-order valence-corrected chi connectivity index (χ0v) is 16.9. The number of nitrogens with zero attached hydrogens (tertiary/aromatic N) is 2. The Bertz CT molecular complexity index is 918. The second kappa shape index (κ2) is 7.42. The number of aromatic amines is 1. The molecule has 3 heterocycles. The molecule has 8 nitrogen and oxygen atoms in total. The van der Waals surface area contributed by atoms with Gasteiger partial charge in [-0.25, -0.2) is 4.98 Å². The van der Waals surface area contributed by atoms with Crippen molar-refractivity contribution in [2.75, 3.05) is 19.7 Å². The molecular formula is C21H28N4O4. The van der Waals surface area contributed by atoms with E-state index < -0.39 is 17.2 Å². The number of aromatic nitrogens is 2. The highest BCUT2D eigenvalue weighted by molar-refractivity contribution is 5.97. The third kappa shape index (κ3) is 3.51. The van der Waals surface area contributed by atoms with E-state index in [1.807, 2.05) is 18.7 Å². The number of likely N-dealkylation sites (tertiary alicyclic amines) is 1. The molecule has 2 saturated heterocycles. The molecule has 1 aromatic carbocycles. The van der Waals surface area contributed by atoms with E-state index in [0.717, 1.165) is 11.0 Å². The Morgan fingerprint density at radius 1 is 1.34 bits per heavy atom. The molecule has 2 amide bonds. The third-order valence-electron chi connectivity index (χ3n) is 6.46. The summed E-state index contributed by atoms with van der Waals surface area (Å²) in [6.07, 6.45) is 2.85. The van der Waals surface area contributed by atoms with E-state index in [4.69, 9.17) is 4.74 Å². The van der Waals surface area contributed by atoms with Gasteiger partial charge in [0.1, 0.15) is 6.10 Å². The monoisotopic (exact) mass is 400 g/mol. The fourth-order valence-electron chi connectivity index (χ4n) is 4.58. The van der Waals surface area contributed by atoms with E-state index in [1.165, 1.54) is 0 Å². The highest BCUT2D eigenvalue weighted by atomic mass is 16.5. The molecule has 2 aromatic rings. The van der Waals surface area contributed by atoms with Crippen LogP contribution in [0, 0.1) is 0 Å². The SMILES string of the molecule is CCC(=O)N1CCC2(CC1)OCC[C@](C)(NC(=O)c1ccc3nc[nH]c3c1)[C@H]2O. The second-order valence-electron chi connectivity index (χ2n) is 8.31. The van der Waals surface area contributed by atoms with Crippen molar-refractivity contribution in [2.45, 2.75) is 56.8 Å². The lowest BCUT2D eigenvalue weighted by molar-refractivity contribution is -0.205. The number of ether oxygens (including phenoxy) is 1. The van der Waals surface area contributed by atoms with E-state index in [2.05, 4.69) is 15.3 Å². The van der Waals surface area contributed by atoms with E-state index in [9.17, 15) is 14.7 Å². The number of nitrogens with one attached hydrogen (secondary N) is 2. The van der Waals surface area contributed by atoms with Crippen molar-refractivity contribution in [1.82, 2.24) is 20.2 Å². The minimum Gasteiger partial charge on any atom is -0.388 e. The first kappa shape index (κ1) is 19.8. The third-order valence-corrected chi connectivity index (χ3v) is 6.46. The molecule has 29 heavy (non-hydrogen) atoms. The number of rotatable bonds is 3. The molecule has 2 aliphatic heterocycles. The van der Waals surface area contributed by atoms with Crippen LogP contribution in [0.5, 0.6) is 0 Å². The van der Waals surface area contributed by atoms with Crippen LogP contribution in [0.4, 0.5) is 0 Å². The second-order valence-corrected chi connectivity index (χ2v) is 8.31. The van der Waals surface area contributed by atoms with Gasteiger partial charge in [0.05, 0.1) is 28.5 Å². The Kier molecular flexibility index (Phi) is 5.08. The number of aliphatic hydroxyl groups excluding tert-OH is 1. The molecule has 0 unspecified atom stereocenters. The molecule has 1 spiro atoms. The zero-order chi connectivity index (χ0) is 20.6. The number of aliphatic hydroxyl groups is 1. The highest BCUT2D eigenvalue weighted by Crippen LogP contribution is 2.40. The molecule has 0 radical (unpaired) electrons. The summed E-state index contributed by atoms with van der Waals surface area (Å²) in [7, 11) is 0. The minimum absolute atomic E-state index is 0.121. The Morgan fingerprint density at radius 2 is 2.10 bits per heavy atom. The highest BCUT2D eigenvalue weighted by Gasteiger charge is 2.54. The number of benzene rings is 1. The van der Waals surface area contributed by atoms with Crippen molar-refractivity contribution in [3.05, 3.63) is 30.1 Å². The Labute approximate surface area is 169 Å². The van der Waals surface area contributed by atoms with E-state index in [1.54, 1.807) is 24.5 Å². The summed E-state index contributed by atoms with van der Waals surface area (Å²) in [5.41, 5.74) is 0.554. The van der Waals surface area contributed by atoms with Gasteiger partial charge < -0.3 is 25.0 Å². The van der Waals surface area contributed by atoms with E-state index in [0.29, 0.717) is 50.9 Å². The van der Waals surface area contributed by atoms with Crippen LogP contribution >= 0.6 is 0 Å². The average molecular weight is 400 g/mol. The van der Waals surface area contributed by atoms with Gasteiger partial charge in [-0.1, -0.05) is 6.92 Å². The lowest BCUT2D eigenvalue weighted by Gasteiger charge is -2.53. The molecule has 3 N–H and O–H groups in total. The van der Waals surface area contributed by atoms with Crippen LogP contribution in [0.15, 0.2) is 24.5 Å². The average Bonchev–Trinajstić information content (AvgIpc) is 3.20. The number of imidazole rings is 1. The fraction of sp³-hybridized carbons (Fsp3) is 0.571. The van der Waals surface area contributed by atoms with Crippen LogP contribution in [-0.4, -0.2) is 68.7 Å². The topological polar surface area (TPSA) is 108 Å². The zero-order valence-electron chi connectivity index (χ0n) is 16.9. The van der Waals surface area contributed by atoms with Crippen molar-refractivity contribution in [3.63, 3.8) is 0 Å². The first-order valence-corrected chi connectivity index (χ1v) is 10.2. The number of hydrogen-bond acceptors (Lipinski definition) is 5. The number of fused-ring (bicyclic) bond motifs is 1. The standard InChI is InChI=1S/C21H28N4O4/c1-3-17(26)25-9-6-21(7-10-25)19(28)20(2,8-11-29-21)24-18(27)14-4-5-15-16(12-14)23-13-22-15/h4-5,12-13,19,28H,3,6-11H2,1-2H3,(H,22,23)(H,24,27)/t19-,20+/m1/s1. The van der Waals surface area contributed by atoms with Crippen molar-refractivity contribution < 1.29 is 19.4 Å². The summed E-state index contributed by atoms with van der Waals surface area (Å²) in [5, 5.41) is 14.3. The smallest absolute Gasteiger partial charge is 0.251 e. The van der Waals surface area contributed by atoms with Crippen molar-refractivity contribution >= 4 is 22.8 Å². The van der Waals surface area contributed by atoms with Crippen molar-refractivity contribution in [1.29, 1.82) is 0 Å². The molecule has 2 atom stereocenters. The number of carbonyl (C=O) groups excluding carboxylic acids is 2. The molecule has 4 rings (SSSR count). The summed E-state index contributed by atoms with van der Waals surface area (Å²) >= 11 is 0. The molecule has 0 saturated carbocycles. The number of hydrogen-bond donors (Lipinski definition) is 3. The molecule has 8 heteroatoms. The Balaban J connectivity index is 1.49. The van der Waals surface area contributed by atoms with Gasteiger partial charge in [-0.2, -0.15) is 0 Å². The number of H-pyrrole nitrogens is 1. The van der Waals surface area contributed by atoms with Gasteiger partial charge in [0.15, 0.2) is 0 Å². The van der Waals surface area contributed by atoms with Gasteiger partial charge in [0, 0.05) is 31.7 Å². The maximum atomic E-state index is 12.9. The normalized spacial score (nSPS) is 26.6. The molecule has 0 aliphatic carbocycles. The minimum atomic E-state index is -0.859. The van der Waals surface area contributed by atoms with Gasteiger partial charge in [0.25, 0.3) is 5.91 Å². The van der Waals surface area contributed by atoms with E-state index >= 15 is 0 Å². The number of piperidine rings is 1. The molecule has 2 fully saturated rings. The van der Waals surface area contributed by atoms with Gasteiger partial charge in [-0.3, -0.25) is 9.59 Å². The Morgan fingerprint density at radius 3 is 2.83 bits per heavy atom. The fourth-order valence-corrected chi connectivity index (χ4v) is 4.58. The summed E-state index contributed by atoms with van der Waals surface area (Å²) in [4.78, 5) is 33.9. The maximum absolute atomic E-state index is 12.9. The summed E-state index contributed by atoms with van der Waals surface area (Å²) in [5.74, 6) is -0.117. The molecule has 1 aromatic heterocycles. The lowest BCUT2D eigenvalue weighted by Crippen LogP contribution is -2.69. The van der Waals surface area contributed by atoms with Crippen molar-refractivity contribution in [2.24, 2.45) is 0 Å². The summed E-state index contributed by atoms with van der Waals surface area (Å²) < 4.78 is 6.06. The van der Waals surface area contributed by atoms with Crippen LogP contribution in [0.25, 0.3) is 11.0 Å². The summed E-state index contributed by atoms with van der Waals surface area (Å²) in [6, 6.07) is 5.29. The number of amides is 2. The van der Waals surface area contributed by atoms with Gasteiger partial charge >= 0.3 is 0 Å². The van der Waals surface area contributed by atoms with E-state index in [-0.39, 0.29) is 11.8 Å². The summed E-state index contributed by atoms with van der Waals surface area (Å²) in [6.45, 7) is 5.30. The maximum Gasteiger partial charge on any atom is 0.251 e. The first-order chi connectivity index (χ1) is 13.9. The van der Waals surface area contributed by atoms with Crippen LogP contribution in [0.1, 0.15) is 49.9 Å². The largest absolute Gasteiger partial charge is 0.388 e.